The van der Waals surface area contributed by atoms with E-state index < -0.39 is 0 Å². The fourth-order valence-corrected chi connectivity index (χ4v) is 9.97. The van der Waals surface area contributed by atoms with E-state index in [9.17, 15) is 4.79 Å². The van der Waals surface area contributed by atoms with E-state index in [0.717, 1.165) is 48.3 Å². The summed E-state index contributed by atoms with van der Waals surface area (Å²) in [4.78, 5) is 12.5. The first-order valence-electron chi connectivity index (χ1n) is 12.8. The second-order valence-electron chi connectivity index (χ2n) is 12.5. The van der Waals surface area contributed by atoms with Crippen LogP contribution in [0, 0.1) is 52.3 Å². The highest BCUT2D eigenvalue weighted by molar-refractivity contribution is 9.10. The number of fused-ring (bicyclic) bond motifs is 5. The van der Waals surface area contributed by atoms with Crippen molar-refractivity contribution < 1.29 is 4.79 Å². The number of hydrogen-bond donors (Lipinski definition) is 0. The van der Waals surface area contributed by atoms with Crippen LogP contribution >= 0.6 is 15.9 Å². The number of halogens is 1. The Labute approximate surface area is 188 Å². The largest absolute Gasteiger partial charge is 0.298 e. The van der Waals surface area contributed by atoms with Crippen molar-refractivity contribution in [3.63, 3.8) is 0 Å². The second kappa shape index (κ2) is 8.25. The van der Waals surface area contributed by atoms with Crippen LogP contribution in [0.4, 0.5) is 0 Å². The molecule has 1 nitrogen and oxygen atoms in total. The zero-order valence-electron chi connectivity index (χ0n) is 19.7. The van der Waals surface area contributed by atoms with Crippen LogP contribution in [-0.4, -0.2) is 10.6 Å². The predicted molar refractivity (Wildman–Crippen MR) is 126 cm³/mol. The van der Waals surface area contributed by atoms with Crippen molar-refractivity contribution in [3.8, 4) is 0 Å². The van der Waals surface area contributed by atoms with Gasteiger partial charge in [-0.1, -0.05) is 69.8 Å². The number of hydrogen-bond acceptors (Lipinski definition) is 1. The van der Waals surface area contributed by atoms with Crippen LogP contribution in [-0.2, 0) is 4.79 Å². The average Bonchev–Trinajstić information content (AvgIpc) is 3.00. The number of ketones is 1. The SMILES string of the molecule is CC(C)CCC[C@H](C)[C@@H]1CC[C@@H]2[C@@H]3CC[C@H]4CC(=O)[C@H](Br)C[C@]4(C)[C@H]3CC[C@@]21C. The molecular formula is C27H45BrO. The Balaban J connectivity index is 1.48. The van der Waals surface area contributed by atoms with Crippen LogP contribution in [0.3, 0.4) is 0 Å². The highest BCUT2D eigenvalue weighted by atomic mass is 79.9. The molecule has 4 saturated carbocycles. The first-order chi connectivity index (χ1) is 13.7. The van der Waals surface area contributed by atoms with E-state index in [-0.39, 0.29) is 4.83 Å². The first-order valence-corrected chi connectivity index (χ1v) is 13.7. The normalized spacial score (nSPS) is 48.2. The molecule has 4 rings (SSSR count). The number of rotatable bonds is 5. The topological polar surface area (TPSA) is 17.1 Å². The van der Waals surface area contributed by atoms with Gasteiger partial charge in [0.15, 0.2) is 0 Å². The molecule has 9 atom stereocenters. The van der Waals surface area contributed by atoms with Crippen molar-refractivity contribution in [3.05, 3.63) is 0 Å². The lowest BCUT2D eigenvalue weighted by molar-refractivity contribution is -0.139. The average molecular weight is 466 g/mol. The molecule has 4 aliphatic carbocycles. The Kier molecular flexibility index (Phi) is 6.36. The number of carbonyl (C=O) groups is 1. The lowest BCUT2D eigenvalue weighted by atomic mass is 9.44. The minimum atomic E-state index is 0.119. The fourth-order valence-electron chi connectivity index (χ4n) is 9.08. The summed E-state index contributed by atoms with van der Waals surface area (Å²) in [5.74, 6) is 6.56. The van der Waals surface area contributed by atoms with Gasteiger partial charge in [0, 0.05) is 6.42 Å². The molecule has 166 valence electrons. The van der Waals surface area contributed by atoms with Crippen molar-refractivity contribution in [2.24, 2.45) is 52.3 Å². The van der Waals surface area contributed by atoms with Gasteiger partial charge in [-0.05, 0) is 97.2 Å². The molecule has 4 aliphatic rings. The van der Waals surface area contributed by atoms with Crippen LogP contribution in [0.1, 0.15) is 105 Å². The Morgan fingerprint density at radius 3 is 2.41 bits per heavy atom. The van der Waals surface area contributed by atoms with E-state index in [0.29, 0.717) is 22.5 Å². The van der Waals surface area contributed by atoms with Gasteiger partial charge in [0.05, 0.1) is 4.83 Å². The predicted octanol–water partition coefficient (Wildman–Crippen LogP) is 8.05. The first kappa shape index (κ1) is 22.3. The molecule has 4 fully saturated rings. The van der Waals surface area contributed by atoms with Crippen molar-refractivity contribution in [2.75, 3.05) is 0 Å². The summed E-state index contributed by atoms with van der Waals surface area (Å²) in [5.41, 5.74) is 0.979. The van der Waals surface area contributed by atoms with Crippen molar-refractivity contribution in [2.45, 2.75) is 110 Å². The van der Waals surface area contributed by atoms with Crippen LogP contribution < -0.4 is 0 Å². The summed E-state index contributed by atoms with van der Waals surface area (Å²) >= 11 is 3.75. The molecule has 0 bridgehead atoms. The fraction of sp³-hybridized carbons (Fsp3) is 0.963. The van der Waals surface area contributed by atoms with Gasteiger partial charge in [0.1, 0.15) is 5.78 Å². The lowest BCUT2D eigenvalue weighted by Gasteiger charge is -2.61. The van der Waals surface area contributed by atoms with E-state index in [1.165, 1.54) is 57.8 Å². The Bertz CT molecular complexity index is 614. The summed E-state index contributed by atoms with van der Waals surface area (Å²) in [6, 6.07) is 0. The van der Waals surface area contributed by atoms with Gasteiger partial charge < -0.3 is 0 Å². The zero-order chi connectivity index (χ0) is 21.0. The maximum Gasteiger partial charge on any atom is 0.146 e. The van der Waals surface area contributed by atoms with Crippen molar-refractivity contribution in [1.29, 1.82) is 0 Å². The lowest BCUT2D eigenvalue weighted by Crippen LogP contribution is -2.55. The van der Waals surface area contributed by atoms with Gasteiger partial charge in [-0.3, -0.25) is 4.79 Å². The summed E-state index contributed by atoms with van der Waals surface area (Å²) in [6.45, 7) is 12.6. The summed E-state index contributed by atoms with van der Waals surface area (Å²) < 4.78 is 0. The molecule has 0 spiro atoms. The molecule has 0 aromatic rings. The smallest absolute Gasteiger partial charge is 0.146 e. The number of alkyl halides is 1. The maximum atomic E-state index is 12.4. The third-order valence-electron chi connectivity index (χ3n) is 10.7. The second-order valence-corrected chi connectivity index (χ2v) is 13.6. The van der Waals surface area contributed by atoms with Crippen LogP contribution in [0.5, 0.6) is 0 Å². The molecule has 0 heterocycles. The van der Waals surface area contributed by atoms with Gasteiger partial charge in [-0.25, -0.2) is 0 Å². The minimum absolute atomic E-state index is 0.119. The Morgan fingerprint density at radius 2 is 1.69 bits per heavy atom. The summed E-state index contributed by atoms with van der Waals surface area (Å²) in [5, 5.41) is 0. The molecule has 0 radical (unpaired) electrons. The van der Waals surface area contributed by atoms with Gasteiger partial charge >= 0.3 is 0 Å². The molecule has 29 heavy (non-hydrogen) atoms. The van der Waals surface area contributed by atoms with Crippen molar-refractivity contribution in [1.82, 2.24) is 0 Å². The molecule has 0 N–H and O–H groups in total. The molecule has 0 saturated heterocycles. The molecule has 0 aromatic heterocycles. The quantitative estimate of drug-likeness (QED) is 0.375. The number of carbonyl (C=O) groups excluding carboxylic acids is 1. The monoisotopic (exact) mass is 464 g/mol. The maximum absolute atomic E-state index is 12.4. The van der Waals surface area contributed by atoms with E-state index in [2.05, 4.69) is 50.5 Å². The molecule has 0 aliphatic heterocycles. The molecule has 0 unspecified atom stereocenters. The van der Waals surface area contributed by atoms with Gasteiger partial charge in [-0.15, -0.1) is 0 Å². The van der Waals surface area contributed by atoms with Crippen LogP contribution in [0.15, 0.2) is 0 Å². The standard InChI is InChI=1S/C27H45BrO/c1-17(2)7-6-8-18(3)21-11-12-22-20-10-9-19-15-25(29)24(28)16-27(19,5)23(20)13-14-26(21,22)4/h17-24H,6-16H2,1-5H3/t18-,19-,20-,21-,22+,23-,24+,26+,27-/m0/s1. The zero-order valence-corrected chi connectivity index (χ0v) is 21.3. The highest BCUT2D eigenvalue weighted by Crippen LogP contribution is 2.68. The summed E-state index contributed by atoms with van der Waals surface area (Å²) in [7, 11) is 0. The molecule has 2 heteroatoms. The van der Waals surface area contributed by atoms with Gasteiger partial charge in [-0.2, -0.15) is 0 Å². The van der Waals surface area contributed by atoms with E-state index in [4.69, 9.17) is 0 Å². The van der Waals surface area contributed by atoms with Crippen molar-refractivity contribution >= 4 is 21.7 Å². The highest BCUT2D eigenvalue weighted by Gasteiger charge is 2.61. The van der Waals surface area contributed by atoms with Crippen LogP contribution in [0.2, 0.25) is 0 Å². The Hall–Kier alpha value is 0.150. The van der Waals surface area contributed by atoms with E-state index >= 15 is 0 Å². The molecular weight excluding hydrogens is 420 g/mol. The van der Waals surface area contributed by atoms with Gasteiger partial charge in [0.25, 0.3) is 0 Å². The van der Waals surface area contributed by atoms with Gasteiger partial charge in [0.2, 0.25) is 0 Å². The number of Topliss-reactive ketones (excluding diaryl/α,β-unsaturated/α-hetero) is 1. The summed E-state index contributed by atoms with van der Waals surface area (Å²) in [6.07, 6.45) is 14.7. The minimum Gasteiger partial charge on any atom is -0.298 e. The van der Waals surface area contributed by atoms with Crippen LogP contribution in [0.25, 0.3) is 0 Å². The third kappa shape index (κ3) is 3.80. The van der Waals surface area contributed by atoms with E-state index in [1.807, 2.05) is 0 Å². The van der Waals surface area contributed by atoms with E-state index in [1.54, 1.807) is 0 Å². The molecule has 0 aromatic carbocycles. The Morgan fingerprint density at radius 1 is 0.966 bits per heavy atom. The molecule has 0 amide bonds. The third-order valence-corrected chi connectivity index (χ3v) is 11.5.